The molecule has 0 heterocycles. The molecule has 152 valence electrons. The minimum absolute atomic E-state index is 0.620. The maximum absolute atomic E-state index is 8.61. The molecule has 0 radical (unpaired) electrons. The SMILES string of the molecule is CC.CC(C)CC(CC#N)CC(C)C.CC(C)CCCC(C)C(C)C. The molecular weight excluding hydrogens is 302 g/mol. The smallest absolute Gasteiger partial charge is 0.0624 e. The molecule has 0 aromatic carbocycles. The molecule has 0 bridgehead atoms. The highest BCUT2D eigenvalue weighted by Crippen LogP contribution is 2.22. The summed E-state index contributed by atoms with van der Waals surface area (Å²) in [6.45, 7) is 24.5. The summed E-state index contributed by atoms with van der Waals surface area (Å²) in [7, 11) is 0. The van der Waals surface area contributed by atoms with E-state index in [4.69, 9.17) is 5.26 Å². The van der Waals surface area contributed by atoms with Crippen molar-refractivity contribution >= 4 is 0 Å². The second kappa shape index (κ2) is 19.8. The van der Waals surface area contributed by atoms with Gasteiger partial charge in [0.15, 0.2) is 0 Å². The molecular formula is C24H51N. The van der Waals surface area contributed by atoms with Crippen molar-refractivity contribution in [3.8, 4) is 6.07 Å². The minimum Gasteiger partial charge on any atom is -0.198 e. The van der Waals surface area contributed by atoms with E-state index in [1.165, 1.54) is 32.1 Å². The number of nitrogens with zero attached hydrogens (tertiary/aromatic N) is 1. The molecule has 0 rings (SSSR count). The van der Waals surface area contributed by atoms with Gasteiger partial charge >= 0.3 is 0 Å². The van der Waals surface area contributed by atoms with E-state index in [0.29, 0.717) is 5.92 Å². The average Bonchev–Trinajstić information content (AvgIpc) is 2.48. The molecule has 1 heteroatoms. The molecule has 0 spiro atoms. The molecule has 0 aliphatic carbocycles. The molecule has 0 amide bonds. The van der Waals surface area contributed by atoms with Crippen molar-refractivity contribution in [2.75, 3.05) is 0 Å². The average molecular weight is 354 g/mol. The largest absolute Gasteiger partial charge is 0.198 e. The summed E-state index contributed by atoms with van der Waals surface area (Å²) < 4.78 is 0. The van der Waals surface area contributed by atoms with Gasteiger partial charge in [-0.15, -0.1) is 0 Å². The number of nitriles is 1. The molecule has 0 aromatic heterocycles. The van der Waals surface area contributed by atoms with Crippen LogP contribution in [-0.2, 0) is 0 Å². The van der Waals surface area contributed by atoms with Crippen LogP contribution in [0.25, 0.3) is 0 Å². The second-order valence-corrected chi connectivity index (χ2v) is 9.03. The third-order valence-electron chi connectivity index (χ3n) is 4.57. The third-order valence-corrected chi connectivity index (χ3v) is 4.57. The monoisotopic (exact) mass is 353 g/mol. The minimum atomic E-state index is 0.620. The van der Waals surface area contributed by atoms with Gasteiger partial charge in [0.1, 0.15) is 0 Å². The van der Waals surface area contributed by atoms with Crippen molar-refractivity contribution in [2.24, 2.45) is 35.5 Å². The van der Waals surface area contributed by atoms with Crippen molar-refractivity contribution in [2.45, 2.75) is 115 Å². The Balaban J connectivity index is -0.000000353. The van der Waals surface area contributed by atoms with Gasteiger partial charge in [-0.05, 0) is 48.3 Å². The fourth-order valence-electron chi connectivity index (χ4n) is 2.91. The van der Waals surface area contributed by atoms with Gasteiger partial charge in [0.2, 0.25) is 0 Å². The van der Waals surface area contributed by atoms with Crippen LogP contribution in [-0.4, -0.2) is 0 Å². The van der Waals surface area contributed by atoms with Crippen LogP contribution in [0.1, 0.15) is 115 Å². The number of hydrogen-bond donors (Lipinski definition) is 0. The van der Waals surface area contributed by atoms with E-state index in [1.807, 2.05) is 13.8 Å². The fraction of sp³-hybridized carbons (Fsp3) is 0.958. The zero-order valence-electron chi connectivity index (χ0n) is 19.7. The molecule has 0 N–H and O–H groups in total. The van der Waals surface area contributed by atoms with Crippen LogP contribution >= 0.6 is 0 Å². The maximum Gasteiger partial charge on any atom is 0.0624 e. The zero-order chi connectivity index (χ0) is 20.4. The van der Waals surface area contributed by atoms with Crippen LogP contribution in [0.4, 0.5) is 0 Å². The van der Waals surface area contributed by atoms with Gasteiger partial charge in [0.25, 0.3) is 0 Å². The van der Waals surface area contributed by atoms with Crippen LogP contribution in [0.3, 0.4) is 0 Å². The summed E-state index contributed by atoms with van der Waals surface area (Å²) in [5, 5.41) is 8.61. The van der Waals surface area contributed by atoms with Gasteiger partial charge in [0, 0.05) is 6.42 Å². The van der Waals surface area contributed by atoms with Crippen molar-refractivity contribution in [1.29, 1.82) is 5.26 Å². The molecule has 0 aliphatic rings. The van der Waals surface area contributed by atoms with Crippen LogP contribution in [0.2, 0.25) is 0 Å². The van der Waals surface area contributed by atoms with Gasteiger partial charge in [-0.1, -0.05) is 95.4 Å². The van der Waals surface area contributed by atoms with Crippen molar-refractivity contribution in [3.05, 3.63) is 0 Å². The van der Waals surface area contributed by atoms with Crippen molar-refractivity contribution < 1.29 is 0 Å². The summed E-state index contributed by atoms with van der Waals surface area (Å²) in [6.07, 6.45) is 7.36. The van der Waals surface area contributed by atoms with Crippen LogP contribution < -0.4 is 0 Å². The van der Waals surface area contributed by atoms with Crippen LogP contribution in [0.15, 0.2) is 0 Å². The second-order valence-electron chi connectivity index (χ2n) is 9.03. The topological polar surface area (TPSA) is 23.8 Å². The standard InChI is InChI=1S/C11H21N.C11H24.C2H6/c1-9(2)7-11(5-6-12)8-10(3)4;1-9(2)7-6-8-11(5)10(3)4;1-2/h9-11H,5,7-8H2,1-4H3;9-11H,6-8H2,1-5H3;1-2H3. The highest BCUT2D eigenvalue weighted by Gasteiger charge is 2.12. The first-order chi connectivity index (χ1) is 11.6. The first kappa shape index (κ1) is 29.3. The van der Waals surface area contributed by atoms with Gasteiger partial charge in [-0.3, -0.25) is 0 Å². The van der Waals surface area contributed by atoms with Crippen LogP contribution in [0, 0.1) is 46.8 Å². The highest BCUT2D eigenvalue weighted by atomic mass is 14.3. The van der Waals surface area contributed by atoms with Gasteiger partial charge in [-0.25, -0.2) is 0 Å². The highest BCUT2D eigenvalue weighted by molar-refractivity contribution is 4.77. The normalized spacial score (nSPS) is 12.0. The Morgan fingerprint density at radius 2 is 1.12 bits per heavy atom. The summed E-state index contributed by atoms with van der Waals surface area (Å²) in [5.74, 6) is 4.73. The number of rotatable bonds is 10. The predicted octanol–water partition coefficient (Wildman–Crippen LogP) is 8.74. The molecule has 0 saturated heterocycles. The lowest BCUT2D eigenvalue weighted by atomic mass is 9.87. The first-order valence-electron chi connectivity index (χ1n) is 11.0. The van der Waals surface area contributed by atoms with E-state index >= 15 is 0 Å². The molecule has 25 heavy (non-hydrogen) atoms. The summed E-state index contributed by atoms with van der Waals surface area (Å²) in [5.41, 5.74) is 0. The lowest BCUT2D eigenvalue weighted by Gasteiger charge is -2.17. The predicted molar refractivity (Wildman–Crippen MR) is 117 cm³/mol. The Labute approximate surface area is 162 Å². The van der Waals surface area contributed by atoms with Gasteiger partial charge in [-0.2, -0.15) is 5.26 Å². The lowest BCUT2D eigenvalue weighted by molar-refractivity contribution is 0.348. The number of hydrogen-bond acceptors (Lipinski definition) is 1. The van der Waals surface area contributed by atoms with Gasteiger partial charge < -0.3 is 0 Å². The van der Waals surface area contributed by atoms with Crippen molar-refractivity contribution in [3.63, 3.8) is 0 Å². The lowest BCUT2D eigenvalue weighted by Crippen LogP contribution is -2.07. The molecule has 0 saturated carbocycles. The quantitative estimate of drug-likeness (QED) is 0.385. The first-order valence-corrected chi connectivity index (χ1v) is 11.0. The molecule has 1 atom stereocenters. The summed E-state index contributed by atoms with van der Waals surface area (Å²) in [6, 6.07) is 2.28. The molecule has 1 nitrogen and oxygen atoms in total. The van der Waals surface area contributed by atoms with Crippen molar-refractivity contribution in [1.82, 2.24) is 0 Å². The molecule has 0 aliphatic heterocycles. The van der Waals surface area contributed by atoms with E-state index in [-0.39, 0.29) is 0 Å². The zero-order valence-corrected chi connectivity index (χ0v) is 19.7. The van der Waals surface area contributed by atoms with E-state index in [2.05, 4.69) is 68.4 Å². The maximum atomic E-state index is 8.61. The third kappa shape index (κ3) is 25.8. The Morgan fingerprint density at radius 3 is 1.40 bits per heavy atom. The van der Waals surface area contributed by atoms with E-state index < -0.39 is 0 Å². The summed E-state index contributed by atoms with van der Waals surface area (Å²) in [4.78, 5) is 0. The Bertz CT molecular complexity index is 273. The van der Waals surface area contributed by atoms with E-state index in [1.54, 1.807) is 0 Å². The summed E-state index contributed by atoms with van der Waals surface area (Å²) >= 11 is 0. The van der Waals surface area contributed by atoms with Crippen LogP contribution in [0.5, 0.6) is 0 Å². The Morgan fingerprint density at radius 1 is 0.680 bits per heavy atom. The molecule has 0 aromatic rings. The Kier molecular flexibility index (Phi) is 23.2. The Hall–Kier alpha value is -0.510. The molecule has 0 fully saturated rings. The van der Waals surface area contributed by atoms with Gasteiger partial charge in [0.05, 0.1) is 6.07 Å². The van der Waals surface area contributed by atoms with E-state index in [9.17, 15) is 0 Å². The fourth-order valence-corrected chi connectivity index (χ4v) is 2.91. The van der Waals surface area contributed by atoms with E-state index in [0.717, 1.165) is 36.0 Å². The molecule has 1 unspecified atom stereocenters.